The van der Waals surface area contributed by atoms with Gasteiger partial charge in [0.1, 0.15) is 5.69 Å². The Labute approximate surface area is 157 Å². The fourth-order valence-corrected chi connectivity index (χ4v) is 3.51. The van der Waals surface area contributed by atoms with Crippen LogP contribution in [0.1, 0.15) is 61.1 Å². The first-order valence-corrected chi connectivity index (χ1v) is 9.52. The second kappa shape index (κ2) is 7.74. The number of hydrogen-bond acceptors (Lipinski definition) is 5. The Kier molecular flexibility index (Phi) is 5.42. The van der Waals surface area contributed by atoms with Crippen molar-refractivity contribution in [3.63, 3.8) is 0 Å². The zero-order valence-electron chi connectivity index (χ0n) is 15.4. The molecule has 0 bridgehead atoms. The van der Waals surface area contributed by atoms with E-state index in [4.69, 9.17) is 0 Å². The van der Waals surface area contributed by atoms with Crippen LogP contribution in [0.4, 0.5) is 5.69 Å². The molecule has 2 aromatic heterocycles. The maximum Gasteiger partial charge on any atom is 0.275 e. The first kappa shape index (κ1) is 18.2. The lowest BCUT2D eigenvalue weighted by Gasteiger charge is -2.19. The predicted molar refractivity (Wildman–Crippen MR) is 106 cm³/mol. The number of benzene rings is 1. The van der Waals surface area contributed by atoms with Crippen LogP contribution in [-0.2, 0) is 0 Å². The van der Waals surface area contributed by atoms with Gasteiger partial charge in [0, 0.05) is 23.5 Å². The summed E-state index contributed by atoms with van der Waals surface area (Å²) in [4.78, 5) is 25.6. The zero-order valence-corrected chi connectivity index (χ0v) is 16.2. The van der Waals surface area contributed by atoms with E-state index in [1.807, 2.05) is 6.07 Å². The highest BCUT2D eigenvalue weighted by molar-refractivity contribution is 7.13. The van der Waals surface area contributed by atoms with Gasteiger partial charge in [0.2, 0.25) is 0 Å². The van der Waals surface area contributed by atoms with Gasteiger partial charge in [-0.05, 0) is 29.0 Å². The summed E-state index contributed by atoms with van der Waals surface area (Å²) in [6.45, 7) is 8.51. The molecule has 0 radical (unpaired) electrons. The Morgan fingerprint density at radius 3 is 2.19 bits per heavy atom. The van der Waals surface area contributed by atoms with Crippen LogP contribution in [0.25, 0.3) is 10.8 Å². The Hall–Kier alpha value is -2.60. The number of nitrogens with zero attached hydrogens (tertiary/aromatic N) is 3. The molecule has 0 aliphatic carbocycles. The fourth-order valence-electron chi connectivity index (χ4n) is 2.76. The van der Waals surface area contributed by atoms with Gasteiger partial charge in [0.25, 0.3) is 5.91 Å². The van der Waals surface area contributed by atoms with E-state index in [0.29, 0.717) is 28.4 Å². The summed E-state index contributed by atoms with van der Waals surface area (Å²) >= 11 is 1.37. The molecule has 6 heteroatoms. The summed E-state index contributed by atoms with van der Waals surface area (Å²) in [6.07, 6.45) is 3.33. The number of rotatable bonds is 5. The Morgan fingerprint density at radius 2 is 1.62 bits per heavy atom. The molecule has 5 nitrogen and oxygen atoms in total. The molecule has 0 spiro atoms. The first-order valence-electron chi connectivity index (χ1n) is 8.64. The maximum absolute atomic E-state index is 12.8. The second-order valence-electron chi connectivity index (χ2n) is 6.69. The van der Waals surface area contributed by atoms with Crippen molar-refractivity contribution in [2.75, 3.05) is 5.32 Å². The number of thiazole rings is 1. The molecule has 0 atom stereocenters. The molecule has 2 heterocycles. The average molecular weight is 366 g/mol. The van der Waals surface area contributed by atoms with Gasteiger partial charge in [-0.1, -0.05) is 45.9 Å². The number of nitrogens with one attached hydrogen (secondary N) is 1. The summed E-state index contributed by atoms with van der Waals surface area (Å²) in [5, 5.41) is 5.47. The molecule has 1 aromatic carbocycles. The second-order valence-corrected chi connectivity index (χ2v) is 7.54. The molecular formula is C20H22N4OS. The predicted octanol–water partition coefficient (Wildman–Crippen LogP) is 5.10. The van der Waals surface area contributed by atoms with E-state index >= 15 is 0 Å². The largest absolute Gasteiger partial charge is 0.320 e. The molecule has 0 unspecified atom stereocenters. The molecule has 1 N–H and O–H groups in total. The van der Waals surface area contributed by atoms with E-state index in [0.717, 1.165) is 16.8 Å². The molecule has 0 aliphatic rings. The van der Waals surface area contributed by atoms with E-state index in [-0.39, 0.29) is 5.91 Å². The summed E-state index contributed by atoms with van der Waals surface area (Å²) in [5.41, 5.74) is 3.54. The van der Waals surface area contributed by atoms with Gasteiger partial charge in [-0.2, -0.15) is 0 Å². The summed E-state index contributed by atoms with van der Waals surface area (Å²) < 4.78 is 0. The van der Waals surface area contributed by atoms with Crippen LogP contribution in [-0.4, -0.2) is 20.9 Å². The molecule has 0 saturated heterocycles. The number of hydrogen-bond donors (Lipinski definition) is 1. The SMILES string of the molecule is CC(C)c1cccc(C(C)C)c1NC(=O)c1csc(-c2ncccn2)n1. The Balaban J connectivity index is 1.90. The topological polar surface area (TPSA) is 67.8 Å². The first-order chi connectivity index (χ1) is 12.5. The van der Waals surface area contributed by atoms with Crippen molar-refractivity contribution < 1.29 is 4.79 Å². The van der Waals surface area contributed by atoms with Gasteiger partial charge in [-0.25, -0.2) is 15.0 Å². The number of carbonyl (C=O) groups is 1. The lowest BCUT2D eigenvalue weighted by atomic mass is 9.92. The highest BCUT2D eigenvalue weighted by Gasteiger charge is 2.19. The quantitative estimate of drug-likeness (QED) is 0.682. The van der Waals surface area contributed by atoms with Crippen LogP contribution in [0, 0.1) is 0 Å². The van der Waals surface area contributed by atoms with E-state index in [9.17, 15) is 4.79 Å². The highest BCUT2D eigenvalue weighted by atomic mass is 32.1. The summed E-state index contributed by atoms with van der Waals surface area (Å²) in [5.74, 6) is 0.945. The van der Waals surface area contributed by atoms with Crippen LogP contribution < -0.4 is 5.32 Å². The van der Waals surface area contributed by atoms with Gasteiger partial charge >= 0.3 is 0 Å². The number of aromatic nitrogens is 3. The van der Waals surface area contributed by atoms with E-state index < -0.39 is 0 Å². The standard InChI is InChI=1S/C20H22N4OS/c1-12(2)14-7-5-8-15(13(3)4)17(14)24-19(25)16-11-26-20(23-16)18-21-9-6-10-22-18/h5-13H,1-4H3,(H,24,25). The minimum absolute atomic E-state index is 0.210. The normalized spacial score (nSPS) is 11.2. The van der Waals surface area contributed by atoms with Crippen molar-refractivity contribution in [1.82, 2.24) is 15.0 Å². The summed E-state index contributed by atoms with van der Waals surface area (Å²) in [7, 11) is 0. The lowest BCUT2D eigenvalue weighted by molar-refractivity contribution is 0.102. The third-order valence-corrected chi connectivity index (χ3v) is 4.94. The maximum atomic E-state index is 12.8. The van der Waals surface area contributed by atoms with Crippen molar-refractivity contribution >= 4 is 22.9 Å². The third kappa shape index (κ3) is 3.80. The van der Waals surface area contributed by atoms with Crippen LogP contribution in [0.3, 0.4) is 0 Å². The van der Waals surface area contributed by atoms with Crippen LogP contribution >= 0.6 is 11.3 Å². The average Bonchev–Trinajstić information content (AvgIpc) is 3.12. The van der Waals surface area contributed by atoms with Crippen LogP contribution in [0.15, 0.2) is 42.0 Å². The molecule has 134 valence electrons. The smallest absolute Gasteiger partial charge is 0.275 e. The Morgan fingerprint density at radius 1 is 1.00 bits per heavy atom. The number of anilines is 1. The molecule has 0 fully saturated rings. The van der Waals surface area contributed by atoms with Crippen molar-refractivity contribution in [3.8, 4) is 10.8 Å². The van der Waals surface area contributed by atoms with Crippen molar-refractivity contribution in [3.05, 3.63) is 58.9 Å². The van der Waals surface area contributed by atoms with Crippen molar-refractivity contribution in [2.24, 2.45) is 0 Å². The lowest BCUT2D eigenvalue weighted by Crippen LogP contribution is -2.16. The molecule has 1 amide bonds. The molecule has 0 aliphatic heterocycles. The van der Waals surface area contributed by atoms with Gasteiger partial charge in [0.15, 0.2) is 10.8 Å². The van der Waals surface area contributed by atoms with E-state index in [2.05, 4.69) is 60.1 Å². The molecule has 26 heavy (non-hydrogen) atoms. The zero-order chi connectivity index (χ0) is 18.7. The monoisotopic (exact) mass is 366 g/mol. The van der Waals surface area contributed by atoms with Crippen LogP contribution in [0.2, 0.25) is 0 Å². The number of amides is 1. The minimum Gasteiger partial charge on any atom is -0.320 e. The molecule has 0 saturated carbocycles. The van der Waals surface area contributed by atoms with E-state index in [1.165, 1.54) is 11.3 Å². The number of para-hydroxylation sites is 1. The number of carbonyl (C=O) groups excluding carboxylic acids is 1. The van der Waals surface area contributed by atoms with Gasteiger partial charge in [-0.15, -0.1) is 11.3 Å². The van der Waals surface area contributed by atoms with Gasteiger partial charge in [-0.3, -0.25) is 4.79 Å². The van der Waals surface area contributed by atoms with Gasteiger partial charge in [0.05, 0.1) is 0 Å². The van der Waals surface area contributed by atoms with Crippen molar-refractivity contribution in [1.29, 1.82) is 0 Å². The van der Waals surface area contributed by atoms with Crippen molar-refractivity contribution in [2.45, 2.75) is 39.5 Å². The fraction of sp³-hybridized carbons (Fsp3) is 0.300. The Bertz CT molecular complexity index is 877. The molecule has 3 aromatic rings. The third-order valence-electron chi connectivity index (χ3n) is 4.11. The highest BCUT2D eigenvalue weighted by Crippen LogP contribution is 2.33. The molecule has 3 rings (SSSR count). The summed E-state index contributed by atoms with van der Waals surface area (Å²) in [6, 6.07) is 7.93. The van der Waals surface area contributed by atoms with Crippen LogP contribution in [0.5, 0.6) is 0 Å². The van der Waals surface area contributed by atoms with E-state index in [1.54, 1.807) is 23.8 Å². The van der Waals surface area contributed by atoms with Gasteiger partial charge < -0.3 is 5.32 Å². The molecular weight excluding hydrogens is 344 g/mol. The minimum atomic E-state index is -0.210.